The van der Waals surface area contributed by atoms with E-state index in [1.165, 1.54) is 32.1 Å². The van der Waals surface area contributed by atoms with E-state index in [0.29, 0.717) is 41.3 Å². The van der Waals surface area contributed by atoms with E-state index in [1.54, 1.807) is 6.07 Å². The van der Waals surface area contributed by atoms with Crippen LogP contribution in [0.5, 0.6) is 0 Å². The van der Waals surface area contributed by atoms with Crippen LogP contribution in [0.2, 0.25) is 0 Å². The molecule has 4 rings (SSSR count). The molecule has 0 bridgehead atoms. The van der Waals surface area contributed by atoms with Gasteiger partial charge in [-0.3, -0.25) is 4.79 Å². The molecule has 3 aliphatic rings. The highest BCUT2D eigenvalue weighted by Gasteiger charge is 2.41. The number of carbonyl (C=O) groups excluding carboxylic acids is 1. The lowest BCUT2D eigenvalue weighted by Crippen LogP contribution is -2.40. The van der Waals surface area contributed by atoms with Gasteiger partial charge < -0.3 is 16.0 Å². The van der Waals surface area contributed by atoms with Gasteiger partial charge in [-0.1, -0.05) is 32.1 Å². The molecule has 3 N–H and O–H groups in total. The Bertz CT molecular complexity index is 780. The summed E-state index contributed by atoms with van der Waals surface area (Å²) in [7, 11) is 0. The quantitative estimate of drug-likeness (QED) is 0.546. The van der Waals surface area contributed by atoms with Crippen molar-refractivity contribution in [3.05, 3.63) is 11.6 Å². The van der Waals surface area contributed by atoms with Gasteiger partial charge in [0.05, 0.1) is 17.2 Å². The molecule has 0 unspecified atom stereocenters. The van der Waals surface area contributed by atoms with Crippen LogP contribution in [0, 0.1) is 11.8 Å². The number of rotatable bonds is 7. The van der Waals surface area contributed by atoms with E-state index in [-0.39, 0.29) is 31.7 Å². The number of anilines is 3. The minimum Gasteiger partial charge on any atom is -0.396 e. The second-order valence-electron chi connectivity index (χ2n) is 9.48. The van der Waals surface area contributed by atoms with Gasteiger partial charge >= 0.3 is 6.18 Å². The number of hydrogen-bond acceptors (Lipinski definition) is 5. The number of nitrogens with one attached hydrogen (secondary N) is 1. The highest BCUT2D eigenvalue weighted by atomic mass is 19.4. The SMILES string of the molecule is Nc1cc(C(=O)CCC2CCCCC2)c(N2CCC(C(F)(F)F)CC2)nc1NC1CC1. The molecule has 2 saturated carbocycles. The van der Waals surface area contributed by atoms with Gasteiger partial charge in [0.25, 0.3) is 0 Å². The van der Waals surface area contributed by atoms with E-state index in [2.05, 4.69) is 10.3 Å². The normalized spacial score (nSPS) is 21.3. The Morgan fingerprint density at radius 1 is 1.10 bits per heavy atom. The van der Waals surface area contributed by atoms with Crippen LogP contribution in [0.3, 0.4) is 0 Å². The number of nitrogens with two attached hydrogens (primary N) is 1. The number of alkyl halides is 3. The molecular formula is C23H33F3N4O. The monoisotopic (exact) mass is 438 g/mol. The van der Waals surface area contributed by atoms with Crippen LogP contribution in [0.15, 0.2) is 6.07 Å². The molecule has 8 heteroatoms. The number of halogens is 3. The van der Waals surface area contributed by atoms with Crippen molar-refractivity contribution in [1.29, 1.82) is 0 Å². The first-order chi connectivity index (χ1) is 14.8. The largest absolute Gasteiger partial charge is 0.396 e. The fraction of sp³-hybridized carbons (Fsp3) is 0.739. The van der Waals surface area contributed by atoms with E-state index < -0.39 is 12.1 Å². The molecule has 1 aromatic heterocycles. The molecule has 0 atom stereocenters. The number of hydrogen-bond donors (Lipinski definition) is 2. The third kappa shape index (κ3) is 5.63. The van der Waals surface area contributed by atoms with E-state index in [4.69, 9.17) is 5.73 Å². The number of ketones is 1. The van der Waals surface area contributed by atoms with Crippen LogP contribution >= 0.6 is 0 Å². The van der Waals surface area contributed by atoms with Crippen molar-refractivity contribution < 1.29 is 18.0 Å². The molecule has 0 spiro atoms. The van der Waals surface area contributed by atoms with Crippen molar-refractivity contribution in [3.63, 3.8) is 0 Å². The Hall–Kier alpha value is -1.99. The van der Waals surface area contributed by atoms with Gasteiger partial charge in [-0.2, -0.15) is 13.2 Å². The third-order valence-corrected chi connectivity index (χ3v) is 7.01. The first kappa shape index (κ1) is 22.2. The standard InChI is InChI=1S/C23H33F3N4O/c24-23(25,26)16-10-12-30(13-11-16)22-18(14-19(27)21(29-22)28-17-7-8-17)20(31)9-6-15-4-2-1-3-5-15/h14-17H,1-13,27H2,(H,28,29). The van der Waals surface area contributed by atoms with Gasteiger partial charge in [0.2, 0.25) is 0 Å². The zero-order valence-corrected chi connectivity index (χ0v) is 18.0. The summed E-state index contributed by atoms with van der Waals surface area (Å²) in [5.41, 5.74) is 7.10. The molecule has 1 aromatic rings. The predicted molar refractivity (Wildman–Crippen MR) is 116 cm³/mol. The minimum atomic E-state index is -4.17. The fourth-order valence-corrected chi connectivity index (χ4v) is 4.87. The molecule has 1 aliphatic heterocycles. The number of piperidine rings is 1. The van der Waals surface area contributed by atoms with Gasteiger partial charge in [-0.25, -0.2) is 4.98 Å². The van der Waals surface area contributed by atoms with E-state index in [1.807, 2.05) is 4.90 Å². The summed E-state index contributed by atoms with van der Waals surface area (Å²) in [4.78, 5) is 19.7. The Morgan fingerprint density at radius 2 is 1.77 bits per heavy atom. The van der Waals surface area contributed by atoms with Crippen LogP contribution in [0.1, 0.15) is 81.0 Å². The summed E-state index contributed by atoms with van der Waals surface area (Å²) >= 11 is 0. The summed E-state index contributed by atoms with van der Waals surface area (Å²) in [5.74, 6) is 0.332. The second kappa shape index (κ2) is 9.25. The number of nitrogen functional groups attached to an aromatic ring is 1. The van der Waals surface area contributed by atoms with Crippen molar-refractivity contribution >= 4 is 23.1 Å². The zero-order chi connectivity index (χ0) is 22.0. The first-order valence-electron chi connectivity index (χ1n) is 11.7. The molecule has 5 nitrogen and oxygen atoms in total. The smallest absolute Gasteiger partial charge is 0.391 e. The molecule has 0 radical (unpaired) electrons. The summed E-state index contributed by atoms with van der Waals surface area (Å²) in [5, 5.41) is 3.29. The Kier molecular flexibility index (Phi) is 6.63. The van der Waals surface area contributed by atoms with Gasteiger partial charge in [0, 0.05) is 25.6 Å². The second-order valence-corrected chi connectivity index (χ2v) is 9.48. The van der Waals surface area contributed by atoms with Crippen molar-refractivity contribution in [1.82, 2.24) is 4.98 Å². The van der Waals surface area contributed by atoms with E-state index in [0.717, 1.165) is 19.3 Å². The van der Waals surface area contributed by atoms with Crippen molar-refractivity contribution in [2.45, 2.75) is 82.8 Å². The maximum atomic E-state index is 13.1. The van der Waals surface area contributed by atoms with Gasteiger partial charge in [-0.15, -0.1) is 0 Å². The van der Waals surface area contributed by atoms with Gasteiger partial charge in [0.15, 0.2) is 11.6 Å². The number of pyridine rings is 1. The van der Waals surface area contributed by atoms with E-state index >= 15 is 0 Å². The minimum absolute atomic E-state index is 0.00399. The molecule has 3 fully saturated rings. The number of carbonyl (C=O) groups is 1. The predicted octanol–water partition coefficient (Wildman–Crippen LogP) is 5.56. The topological polar surface area (TPSA) is 71.2 Å². The lowest BCUT2D eigenvalue weighted by Gasteiger charge is -2.34. The molecular weight excluding hydrogens is 405 g/mol. The van der Waals surface area contributed by atoms with Crippen molar-refractivity contribution in [2.75, 3.05) is 29.0 Å². The maximum Gasteiger partial charge on any atom is 0.391 e. The fourth-order valence-electron chi connectivity index (χ4n) is 4.87. The average molecular weight is 439 g/mol. The highest BCUT2D eigenvalue weighted by molar-refractivity contribution is 6.02. The van der Waals surface area contributed by atoms with Crippen LogP contribution < -0.4 is 16.0 Å². The van der Waals surface area contributed by atoms with Gasteiger partial charge in [0.1, 0.15) is 5.82 Å². The average Bonchev–Trinajstić information content (AvgIpc) is 3.57. The summed E-state index contributed by atoms with van der Waals surface area (Å²) in [6.45, 7) is 0.486. The number of nitrogens with zero attached hydrogens (tertiary/aromatic N) is 2. The van der Waals surface area contributed by atoms with Crippen LogP contribution in [0.25, 0.3) is 0 Å². The Balaban J connectivity index is 1.51. The molecule has 1 saturated heterocycles. The highest BCUT2D eigenvalue weighted by Crippen LogP contribution is 2.38. The van der Waals surface area contributed by atoms with Crippen LogP contribution in [0.4, 0.5) is 30.5 Å². The van der Waals surface area contributed by atoms with Crippen molar-refractivity contribution in [3.8, 4) is 0 Å². The lowest BCUT2D eigenvalue weighted by molar-refractivity contribution is -0.179. The van der Waals surface area contributed by atoms with Crippen LogP contribution in [-0.2, 0) is 0 Å². The lowest BCUT2D eigenvalue weighted by atomic mass is 9.85. The van der Waals surface area contributed by atoms with E-state index in [9.17, 15) is 18.0 Å². The number of Topliss-reactive ketones (excluding diaryl/α,β-unsaturated/α-hetero) is 1. The van der Waals surface area contributed by atoms with Gasteiger partial charge in [-0.05, 0) is 44.1 Å². The Morgan fingerprint density at radius 3 is 2.39 bits per heavy atom. The summed E-state index contributed by atoms with van der Waals surface area (Å²) in [6, 6.07) is 2.03. The molecule has 31 heavy (non-hydrogen) atoms. The molecule has 0 aromatic carbocycles. The summed E-state index contributed by atoms with van der Waals surface area (Å²) in [6.07, 6.45) is 5.37. The number of aromatic nitrogens is 1. The van der Waals surface area contributed by atoms with Crippen molar-refractivity contribution in [2.24, 2.45) is 11.8 Å². The third-order valence-electron chi connectivity index (χ3n) is 7.01. The molecule has 0 amide bonds. The molecule has 2 aliphatic carbocycles. The maximum absolute atomic E-state index is 13.1. The van der Waals surface area contributed by atoms with Crippen LogP contribution in [-0.4, -0.2) is 36.1 Å². The zero-order valence-electron chi connectivity index (χ0n) is 18.0. The molecule has 172 valence electrons. The first-order valence-corrected chi connectivity index (χ1v) is 11.7. The Labute approximate surface area is 182 Å². The molecule has 2 heterocycles. The summed E-state index contributed by atoms with van der Waals surface area (Å²) < 4.78 is 39.3.